The molecule has 6 nitrogen and oxygen atoms in total. The molecule has 0 N–H and O–H groups in total. The predicted molar refractivity (Wildman–Crippen MR) is 179 cm³/mol. The van der Waals surface area contributed by atoms with Crippen molar-refractivity contribution in [3.8, 4) is 17.2 Å². The summed E-state index contributed by atoms with van der Waals surface area (Å²) in [6.07, 6.45) is 14.4. The molecule has 0 fully saturated rings. The van der Waals surface area contributed by atoms with E-state index < -0.39 is 0 Å². The number of carbonyl (C=O) groups excluding carboxylic acids is 3. The highest BCUT2D eigenvalue weighted by molar-refractivity contribution is 5.79. The van der Waals surface area contributed by atoms with Crippen molar-refractivity contribution in [3.05, 3.63) is 53.6 Å². The highest BCUT2D eigenvalue weighted by atomic mass is 16.5. The van der Waals surface area contributed by atoms with Crippen molar-refractivity contribution < 1.29 is 28.6 Å². The Bertz CT molecular complexity index is 1130. The van der Waals surface area contributed by atoms with Crippen molar-refractivity contribution in [1.82, 2.24) is 0 Å². The monoisotopic (exact) mass is 606 g/mol. The number of hydrogen-bond acceptors (Lipinski definition) is 6. The first-order chi connectivity index (χ1) is 21.3. The second-order valence-electron chi connectivity index (χ2n) is 11.6. The molecule has 3 unspecified atom stereocenters. The molecule has 0 saturated carbocycles. The minimum absolute atomic E-state index is 0.0855. The third kappa shape index (κ3) is 12.7. The van der Waals surface area contributed by atoms with Gasteiger partial charge in [-0.15, -0.1) is 0 Å². The van der Waals surface area contributed by atoms with Crippen LogP contribution >= 0.6 is 0 Å². The maximum absolute atomic E-state index is 13.0. The second-order valence-corrected chi connectivity index (χ2v) is 11.6. The summed E-state index contributed by atoms with van der Waals surface area (Å²) in [5.41, 5.74) is 1.64. The Balaban J connectivity index is 2.26. The minimum Gasteiger partial charge on any atom is -0.426 e. The number of carbonyl (C=O) groups is 3. The van der Waals surface area contributed by atoms with Crippen LogP contribution < -0.4 is 14.2 Å². The highest BCUT2D eigenvalue weighted by Gasteiger charge is 2.21. The van der Waals surface area contributed by atoms with Crippen LogP contribution in [0.5, 0.6) is 17.2 Å². The van der Waals surface area contributed by atoms with Crippen LogP contribution in [-0.2, 0) is 14.4 Å². The van der Waals surface area contributed by atoms with Gasteiger partial charge >= 0.3 is 17.9 Å². The zero-order valence-electron chi connectivity index (χ0n) is 27.9. The van der Waals surface area contributed by atoms with Crippen LogP contribution in [0.3, 0.4) is 0 Å². The average Bonchev–Trinajstić information content (AvgIpc) is 3.01. The van der Waals surface area contributed by atoms with Crippen LogP contribution in [0.1, 0.15) is 130 Å². The summed E-state index contributed by atoms with van der Waals surface area (Å²) in [5, 5.41) is 0. The maximum Gasteiger partial charge on any atom is 0.314 e. The molecule has 0 aromatic heterocycles. The van der Waals surface area contributed by atoms with E-state index in [2.05, 4.69) is 20.8 Å². The topological polar surface area (TPSA) is 78.9 Å². The molecule has 6 heteroatoms. The van der Waals surface area contributed by atoms with Gasteiger partial charge in [0, 0.05) is 6.07 Å². The zero-order valence-corrected chi connectivity index (χ0v) is 27.9. The van der Waals surface area contributed by atoms with E-state index in [-0.39, 0.29) is 35.7 Å². The normalized spacial score (nSPS) is 13.3. The van der Waals surface area contributed by atoms with Gasteiger partial charge in [-0.25, -0.2) is 0 Å². The quantitative estimate of drug-likeness (QED) is 0.0848. The molecule has 0 aliphatic rings. The Hall–Kier alpha value is -3.41. The van der Waals surface area contributed by atoms with E-state index in [0.29, 0.717) is 30.1 Å². The van der Waals surface area contributed by atoms with Gasteiger partial charge in [0.25, 0.3) is 0 Å². The maximum atomic E-state index is 13.0. The van der Waals surface area contributed by atoms with Gasteiger partial charge in [0.05, 0.1) is 17.8 Å². The molecule has 2 aromatic rings. The molecule has 0 aliphatic carbocycles. The van der Waals surface area contributed by atoms with Crippen molar-refractivity contribution in [3.63, 3.8) is 0 Å². The molecular formula is C38H54O6. The third-order valence-electron chi connectivity index (χ3n) is 8.10. The standard InChI is InChI=1S/C38H54O6/c1-7-13-16-30(10-4)36(39)42-33-23-21-28(22-24-33)19-20-29-25-34(43-37(40)31(11-5)17-14-8-2)27-35(26-29)44-38(41)32(12-6)18-15-9-3/h19-27,30-32H,7-18H2,1-6H3. The summed E-state index contributed by atoms with van der Waals surface area (Å²) in [6, 6.07) is 12.5. The van der Waals surface area contributed by atoms with Crippen LogP contribution in [0, 0.1) is 17.8 Å². The van der Waals surface area contributed by atoms with E-state index in [1.165, 1.54) is 0 Å². The van der Waals surface area contributed by atoms with Crippen LogP contribution in [0.15, 0.2) is 42.5 Å². The number of rotatable bonds is 20. The van der Waals surface area contributed by atoms with Gasteiger partial charge in [-0.2, -0.15) is 0 Å². The van der Waals surface area contributed by atoms with Gasteiger partial charge in [0.15, 0.2) is 0 Å². The largest absolute Gasteiger partial charge is 0.426 e. The Morgan fingerprint density at radius 3 is 1.25 bits per heavy atom. The summed E-state index contributed by atoms with van der Waals surface area (Å²) in [7, 11) is 0. The Kier molecular flexibility index (Phi) is 17.2. The molecule has 0 saturated heterocycles. The number of ether oxygens (including phenoxy) is 3. The first kappa shape index (κ1) is 36.8. The summed E-state index contributed by atoms with van der Waals surface area (Å²) >= 11 is 0. The molecule has 2 aromatic carbocycles. The van der Waals surface area contributed by atoms with Crippen molar-refractivity contribution in [1.29, 1.82) is 0 Å². The third-order valence-corrected chi connectivity index (χ3v) is 8.10. The Morgan fingerprint density at radius 2 is 0.886 bits per heavy atom. The summed E-state index contributed by atoms with van der Waals surface area (Å²) in [4.78, 5) is 38.5. The van der Waals surface area contributed by atoms with Crippen LogP contribution in [-0.4, -0.2) is 17.9 Å². The van der Waals surface area contributed by atoms with E-state index >= 15 is 0 Å². The van der Waals surface area contributed by atoms with Crippen LogP contribution in [0.4, 0.5) is 0 Å². The van der Waals surface area contributed by atoms with Gasteiger partial charge in [0.1, 0.15) is 17.2 Å². The van der Waals surface area contributed by atoms with Gasteiger partial charge in [-0.3, -0.25) is 14.4 Å². The molecule has 44 heavy (non-hydrogen) atoms. The first-order valence-electron chi connectivity index (χ1n) is 16.9. The molecule has 0 amide bonds. The van der Waals surface area contributed by atoms with Crippen molar-refractivity contribution in [2.45, 2.75) is 119 Å². The summed E-state index contributed by atoms with van der Waals surface area (Å²) in [5.74, 6) is 0.0798. The average molecular weight is 607 g/mol. The summed E-state index contributed by atoms with van der Waals surface area (Å²) < 4.78 is 17.3. The molecule has 242 valence electrons. The number of unbranched alkanes of at least 4 members (excludes halogenated alkanes) is 3. The molecule has 0 heterocycles. The van der Waals surface area contributed by atoms with Crippen molar-refractivity contribution >= 4 is 30.1 Å². The van der Waals surface area contributed by atoms with Gasteiger partial charge in [0.2, 0.25) is 0 Å². The Labute approximate surface area is 265 Å². The first-order valence-corrected chi connectivity index (χ1v) is 16.9. The lowest BCUT2D eigenvalue weighted by Gasteiger charge is -2.16. The molecule has 0 radical (unpaired) electrons. The van der Waals surface area contributed by atoms with E-state index in [9.17, 15) is 14.4 Å². The van der Waals surface area contributed by atoms with E-state index in [4.69, 9.17) is 14.2 Å². The molecule has 0 aliphatic heterocycles. The fourth-order valence-corrected chi connectivity index (χ4v) is 5.06. The zero-order chi connectivity index (χ0) is 32.3. The highest BCUT2D eigenvalue weighted by Crippen LogP contribution is 2.28. The van der Waals surface area contributed by atoms with Crippen LogP contribution in [0.2, 0.25) is 0 Å². The van der Waals surface area contributed by atoms with E-state index in [1.807, 2.05) is 45.1 Å². The molecular weight excluding hydrogens is 552 g/mol. The van der Waals surface area contributed by atoms with Crippen LogP contribution in [0.25, 0.3) is 12.2 Å². The lowest BCUT2D eigenvalue weighted by molar-refractivity contribution is -0.140. The smallest absolute Gasteiger partial charge is 0.314 e. The molecule has 3 atom stereocenters. The molecule has 2 rings (SSSR count). The number of benzene rings is 2. The SMILES string of the molecule is CCCCC(CC)C(=O)Oc1ccc(C=Cc2cc(OC(=O)C(CC)CCCC)cc(OC(=O)C(CC)CCCC)c2)cc1. The predicted octanol–water partition coefficient (Wildman–Crippen LogP) is 10.2. The summed E-state index contributed by atoms with van der Waals surface area (Å²) in [6.45, 7) is 12.3. The van der Waals surface area contributed by atoms with Gasteiger partial charge < -0.3 is 14.2 Å². The van der Waals surface area contributed by atoms with Gasteiger partial charge in [-0.05, 0) is 73.9 Å². The van der Waals surface area contributed by atoms with Crippen molar-refractivity contribution in [2.24, 2.45) is 17.8 Å². The lowest BCUT2D eigenvalue weighted by Crippen LogP contribution is -2.21. The lowest BCUT2D eigenvalue weighted by atomic mass is 9.99. The molecule has 0 bridgehead atoms. The molecule has 0 spiro atoms. The fourth-order valence-electron chi connectivity index (χ4n) is 5.06. The second kappa shape index (κ2) is 20.5. The fraction of sp³-hybridized carbons (Fsp3) is 0.553. The number of hydrogen-bond donors (Lipinski definition) is 0. The number of esters is 3. The Morgan fingerprint density at radius 1 is 0.523 bits per heavy atom. The minimum atomic E-state index is -0.265. The van der Waals surface area contributed by atoms with Gasteiger partial charge in [-0.1, -0.05) is 104 Å². The van der Waals surface area contributed by atoms with E-state index in [1.54, 1.807) is 30.3 Å². The van der Waals surface area contributed by atoms with Crippen molar-refractivity contribution in [2.75, 3.05) is 0 Å². The van der Waals surface area contributed by atoms with E-state index in [0.717, 1.165) is 75.3 Å².